The number of carbonyl (C=O) groups is 1. The van der Waals surface area contributed by atoms with Crippen molar-refractivity contribution in [1.82, 2.24) is 4.90 Å². The molecule has 0 aliphatic heterocycles. The number of nitrogen functional groups attached to an aromatic ring is 1. The maximum Gasteiger partial charge on any atom is 0.254 e. The Morgan fingerprint density at radius 2 is 1.91 bits per heavy atom. The molecule has 3 rings (SSSR count). The van der Waals surface area contributed by atoms with Crippen LogP contribution in [0.2, 0.25) is 0 Å². The van der Waals surface area contributed by atoms with Crippen LogP contribution in [0, 0.1) is 0 Å². The minimum absolute atomic E-state index is 0.124. The van der Waals surface area contributed by atoms with Crippen molar-refractivity contribution in [3.63, 3.8) is 0 Å². The van der Waals surface area contributed by atoms with Crippen molar-refractivity contribution in [2.24, 2.45) is 0 Å². The number of hydrogen-bond donors (Lipinski definition) is 1. The van der Waals surface area contributed by atoms with Crippen molar-refractivity contribution in [1.29, 1.82) is 0 Å². The maximum absolute atomic E-state index is 12.9. The Morgan fingerprint density at radius 1 is 1.14 bits per heavy atom. The van der Waals surface area contributed by atoms with Crippen molar-refractivity contribution in [3.8, 4) is 0 Å². The van der Waals surface area contributed by atoms with E-state index >= 15 is 0 Å². The Kier molecular flexibility index (Phi) is 4.14. The second-order valence-electron chi connectivity index (χ2n) is 5.91. The lowest BCUT2D eigenvalue weighted by Gasteiger charge is -2.29. The summed E-state index contributed by atoms with van der Waals surface area (Å²) in [6.45, 7) is 2.90. The highest BCUT2D eigenvalue weighted by Gasteiger charge is 2.30. The van der Waals surface area contributed by atoms with Crippen LogP contribution in [-0.2, 0) is 12.8 Å². The molecule has 1 unspecified atom stereocenters. The number of hydrogen-bond acceptors (Lipinski definition) is 2. The first-order valence-electron chi connectivity index (χ1n) is 7.93. The van der Waals surface area contributed by atoms with Gasteiger partial charge in [0.05, 0.1) is 0 Å². The molecule has 22 heavy (non-hydrogen) atoms. The summed E-state index contributed by atoms with van der Waals surface area (Å²) in [5.41, 5.74) is 10.2. The SMILES string of the molecule is CCCN(C(=O)c1ccccc1)C1Cc2cccc(N)c2C1. The van der Waals surface area contributed by atoms with E-state index in [1.807, 2.05) is 47.4 Å². The molecule has 2 N–H and O–H groups in total. The molecule has 0 spiro atoms. The highest BCUT2D eigenvalue weighted by molar-refractivity contribution is 5.94. The number of fused-ring (bicyclic) bond motifs is 1. The number of rotatable bonds is 4. The minimum atomic E-state index is 0.124. The third-order valence-corrected chi connectivity index (χ3v) is 4.39. The summed E-state index contributed by atoms with van der Waals surface area (Å²) in [6.07, 6.45) is 2.72. The van der Waals surface area contributed by atoms with E-state index in [4.69, 9.17) is 5.73 Å². The first-order valence-corrected chi connectivity index (χ1v) is 7.93. The molecule has 2 aromatic carbocycles. The van der Waals surface area contributed by atoms with Crippen LogP contribution in [0.25, 0.3) is 0 Å². The molecule has 0 aromatic heterocycles. The van der Waals surface area contributed by atoms with E-state index in [9.17, 15) is 4.79 Å². The summed E-state index contributed by atoms with van der Waals surface area (Å²) in [7, 11) is 0. The molecular weight excluding hydrogens is 272 g/mol. The van der Waals surface area contributed by atoms with Crippen molar-refractivity contribution < 1.29 is 4.79 Å². The van der Waals surface area contributed by atoms with Gasteiger partial charge in [0, 0.05) is 23.8 Å². The van der Waals surface area contributed by atoms with Gasteiger partial charge in [0.15, 0.2) is 0 Å². The molecule has 0 radical (unpaired) electrons. The minimum Gasteiger partial charge on any atom is -0.398 e. The topological polar surface area (TPSA) is 46.3 Å². The van der Waals surface area contributed by atoms with E-state index in [1.54, 1.807) is 0 Å². The molecule has 0 saturated heterocycles. The Morgan fingerprint density at radius 3 is 2.59 bits per heavy atom. The molecule has 114 valence electrons. The Balaban J connectivity index is 1.84. The van der Waals surface area contributed by atoms with Crippen molar-refractivity contribution in [2.75, 3.05) is 12.3 Å². The fraction of sp³-hybridized carbons (Fsp3) is 0.316. The van der Waals surface area contributed by atoms with Gasteiger partial charge in [0.1, 0.15) is 0 Å². The molecule has 2 aromatic rings. The molecular formula is C19H22N2O. The largest absolute Gasteiger partial charge is 0.398 e. The highest BCUT2D eigenvalue weighted by Crippen LogP contribution is 2.30. The molecule has 0 bridgehead atoms. The van der Waals surface area contributed by atoms with Gasteiger partial charge < -0.3 is 10.6 Å². The molecule has 0 fully saturated rings. The van der Waals surface area contributed by atoms with E-state index in [1.165, 1.54) is 11.1 Å². The van der Waals surface area contributed by atoms with Crippen LogP contribution in [0.4, 0.5) is 5.69 Å². The number of nitrogens with two attached hydrogens (primary N) is 1. The van der Waals surface area contributed by atoms with Crippen LogP contribution in [0.3, 0.4) is 0 Å². The van der Waals surface area contributed by atoms with E-state index in [0.717, 1.165) is 37.1 Å². The predicted molar refractivity (Wildman–Crippen MR) is 89.8 cm³/mol. The fourth-order valence-corrected chi connectivity index (χ4v) is 3.31. The third-order valence-electron chi connectivity index (χ3n) is 4.39. The monoisotopic (exact) mass is 294 g/mol. The number of amides is 1. The quantitative estimate of drug-likeness (QED) is 0.880. The second kappa shape index (κ2) is 6.22. The zero-order valence-electron chi connectivity index (χ0n) is 13.0. The van der Waals surface area contributed by atoms with Crippen molar-refractivity contribution >= 4 is 11.6 Å². The maximum atomic E-state index is 12.9. The van der Waals surface area contributed by atoms with Crippen LogP contribution < -0.4 is 5.73 Å². The Bertz CT molecular complexity index is 666. The molecule has 1 amide bonds. The van der Waals surface area contributed by atoms with E-state index in [-0.39, 0.29) is 11.9 Å². The molecule has 0 heterocycles. The molecule has 1 aliphatic rings. The second-order valence-corrected chi connectivity index (χ2v) is 5.91. The molecule has 1 atom stereocenters. The third kappa shape index (κ3) is 2.71. The van der Waals surface area contributed by atoms with Crippen molar-refractivity contribution in [3.05, 3.63) is 65.2 Å². The van der Waals surface area contributed by atoms with E-state index in [0.29, 0.717) is 0 Å². The van der Waals surface area contributed by atoms with Crippen LogP contribution in [-0.4, -0.2) is 23.4 Å². The smallest absolute Gasteiger partial charge is 0.254 e. The fourth-order valence-electron chi connectivity index (χ4n) is 3.31. The zero-order chi connectivity index (χ0) is 15.5. The number of anilines is 1. The van der Waals surface area contributed by atoms with Crippen LogP contribution in [0.5, 0.6) is 0 Å². The van der Waals surface area contributed by atoms with Gasteiger partial charge in [-0.05, 0) is 48.6 Å². The van der Waals surface area contributed by atoms with Gasteiger partial charge in [-0.2, -0.15) is 0 Å². The van der Waals surface area contributed by atoms with Gasteiger partial charge in [-0.15, -0.1) is 0 Å². The summed E-state index contributed by atoms with van der Waals surface area (Å²) in [5.74, 6) is 0.124. The van der Waals surface area contributed by atoms with E-state index < -0.39 is 0 Å². The summed E-state index contributed by atoms with van der Waals surface area (Å²) in [5, 5.41) is 0. The summed E-state index contributed by atoms with van der Waals surface area (Å²) < 4.78 is 0. The molecule has 0 saturated carbocycles. The zero-order valence-corrected chi connectivity index (χ0v) is 13.0. The standard InChI is InChI=1S/C19H22N2O/c1-2-11-21(19(22)14-7-4-3-5-8-14)16-12-15-9-6-10-18(20)17(15)13-16/h3-10,16H,2,11-13,20H2,1H3. The van der Waals surface area contributed by atoms with Crippen LogP contribution >= 0.6 is 0 Å². The van der Waals surface area contributed by atoms with Gasteiger partial charge in [0.2, 0.25) is 0 Å². The molecule has 3 nitrogen and oxygen atoms in total. The lowest BCUT2D eigenvalue weighted by molar-refractivity contribution is 0.0685. The number of nitrogens with zero attached hydrogens (tertiary/aromatic N) is 1. The Hall–Kier alpha value is -2.29. The average molecular weight is 294 g/mol. The summed E-state index contributed by atoms with van der Waals surface area (Å²) in [6, 6.07) is 15.8. The number of benzene rings is 2. The van der Waals surface area contributed by atoms with Crippen LogP contribution in [0.1, 0.15) is 34.8 Å². The van der Waals surface area contributed by atoms with Gasteiger partial charge >= 0.3 is 0 Å². The highest BCUT2D eigenvalue weighted by atomic mass is 16.2. The van der Waals surface area contributed by atoms with Crippen LogP contribution in [0.15, 0.2) is 48.5 Å². The molecule has 3 heteroatoms. The van der Waals surface area contributed by atoms with Gasteiger partial charge in [-0.25, -0.2) is 0 Å². The first-order chi connectivity index (χ1) is 10.7. The predicted octanol–water partition coefficient (Wildman–Crippen LogP) is 3.29. The van der Waals surface area contributed by atoms with Crippen molar-refractivity contribution in [2.45, 2.75) is 32.2 Å². The van der Waals surface area contributed by atoms with Gasteiger partial charge in [-0.3, -0.25) is 4.79 Å². The van der Waals surface area contributed by atoms with Gasteiger partial charge in [-0.1, -0.05) is 37.3 Å². The summed E-state index contributed by atoms with van der Waals surface area (Å²) >= 11 is 0. The Labute approximate surface area is 131 Å². The summed E-state index contributed by atoms with van der Waals surface area (Å²) in [4.78, 5) is 14.9. The first kappa shape index (κ1) is 14.6. The van der Waals surface area contributed by atoms with Gasteiger partial charge in [0.25, 0.3) is 5.91 Å². The lowest BCUT2D eigenvalue weighted by atomic mass is 10.1. The van der Waals surface area contributed by atoms with E-state index in [2.05, 4.69) is 13.0 Å². The lowest BCUT2D eigenvalue weighted by Crippen LogP contribution is -2.41. The average Bonchev–Trinajstić information content (AvgIpc) is 2.98. The normalized spacial score (nSPS) is 16.3. The number of carbonyl (C=O) groups excluding carboxylic acids is 1. The molecule has 1 aliphatic carbocycles.